The normalized spacial score (nSPS) is 13.8. The van der Waals surface area contributed by atoms with Gasteiger partial charge in [-0.05, 0) is 39.7 Å². The Balaban J connectivity index is 4.89. The zero-order valence-corrected chi connectivity index (χ0v) is 12.2. The number of nitrogens with zero attached hydrogens (tertiary/aromatic N) is 1. The summed E-state index contributed by atoms with van der Waals surface area (Å²) in [6.45, 7) is 9.64. The van der Waals surface area contributed by atoms with Crippen molar-refractivity contribution in [3.8, 4) is 0 Å². The van der Waals surface area contributed by atoms with Crippen molar-refractivity contribution in [1.29, 1.82) is 0 Å². The lowest BCUT2D eigenvalue weighted by atomic mass is 10.2. The summed E-state index contributed by atoms with van der Waals surface area (Å²) in [5.74, 6) is 0.440. The summed E-state index contributed by atoms with van der Waals surface area (Å²) in [5, 5.41) is 2.82. The maximum absolute atomic E-state index is 11.8. The van der Waals surface area contributed by atoms with E-state index >= 15 is 0 Å². The third kappa shape index (κ3) is 5.66. The molecule has 0 saturated carbocycles. The molecule has 1 N–H and O–H groups in total. The highest BCUT2D eigenvalue weighted by molar-refractivity contribution is 6.12. The molecule has 18 heavy (non-hydrogen) atoms. The van der Waals surface area contributed by atoms with Crippen LogP contribution in [0.1, 0.15) is 41.0 Å². The van der Waals surface area contributed by atoms with Gasteiger partial charge in [-0.25, -0.2) is 4.99 Å². The predicted molar refractivity (Wildman–Crippen MR) is 75.5 cm³/mol. The van der Waals surface area contributed by atoms with Crippen molar-refractivity contribution in [3.63, 3.8) is 0 Å². The van der Waals surface area contributed by atoms with E-state index in [2.05, 4.69) is 10.3 Å². The average molecular weight is 252 g/mol. The Morgan fingerprint density at radius 3 is 2.44 bits per heavy atom. The van der Waals surface area contributed by atoms with Crippen molar-refractivity contribution in [1.82, 2.24) is 5.32 Å². The molecule has 0 unspecified atom stereocenters. The molecule has 0 fully saturated rings. The molecular weight excluding hydrogens is 228 g/mol. The summed E-state index contributed by atoms with van der Waals surface area (Å²) in [7, 11) is 1.58. The second kappa shape index (κ2) is 8.50. The smallest absolute Gasteiger partial charge is 0.252 e. The summed E-state index contributed by atoms with van der Waals surface area (Å²) >= 11 is 0. The number of allylic oxidation sites excluding steroid dienone is 2. The van der Waals surface area contributed by atoms with E-state index in [0.717, 1.165) is 12.0 Å². The van der Waals surface area contributed by atoms with Gasteiger partial charge in [-0.15, -0.1) is 0 Å². The SMILES string of the molecule is C\C=C(/C=N\C(OC)=C(/C)CC)C(=O)NC(C)C. The molecule has 0 aromatic carbocycles. The van der Waals surface area contributed by atoms with Crippen molar-refractivity contribution in [2.24, 2.45) is 4.99 Å². The van der Waals surface area contributed by atoms with Crippen LogP contribution in [0.4, 0.5) is 0 Å². The van der Waals surface area contributed by atoms with Crippen LogP contribution in [-0.4, -0.2) is 25.3 Å². The minimum atomic E-state index is -0.124. The lowest BCUT2D eigenvalue weighted by molar-refractivity contribution is -0.117. The minimum absolute atomic E-state index is 0.107. The first-order valence-electron chi connectivity index (χ1n) is 6.21. The van der Waals surface area contributed by atoms with Gasteiger partial charge in [-0.1, -0.05) is 13.0 Å². The number of amides is 1. The number of nitrogens with one attached hydrogen (secondary N) is 1. The lowest BCUT2D eigenvalue weighted by Crippen LogP contribution is -2.31. The zero-order chi connectivity index (χ0) is 14.1. The molecule has 4 heteroatoms. The van der Waals surface area contributed by atoms with Gasteiger partial charge in [0, 0.05) is 12.3 Å². The maximum atomic E-state index is 11.8. The van der Waals surface area contributed by atoms with E-state index in [1.165, 1.54) is 6.21 Å². The Morgan fingerprint density at radius 2 is 2.06 bits per heavy atom. The van der Waals surface area contributed by atoms with Gasteiger partial charge in [-0.3, -0.25) is 4.79 Å². The van der Waals surface area contributed by atoms with E-state index in [0.29, 0.717) is 11.5 Å². The second-order valence-corrected chi connectivity index (χ2v) is 4.27. The number of ether oxygens (including phenoxy) is 1. The van der Waals surface area contributed by atoms with Gasteiger partial charge in [0.25, 0.3) is 5.91 Å². The number of carbonyl (C=O) groups is 1. The van der Waals surface area contributed by atoms with Crippen molar-refractivity contribution in [2.75, 3.05) is 7.11 Å². The number of hydrogen-bond acceptors (Lipinski definition) is 3. The van der Waals surface area contributed by atoms with Gasteiger partial charge in [0.2, 0.25) is 5.88 Å². The molecule has 102 valence electrons. The van der Waals surface area contributed by atoms with Crippen LogP contribution in [0, 0.1) is 0 Å². The molecule has 0 rings (SSSR count). The Kier molecular flexibility index (Phi) is 7.76. The molecule has 0 aromatic rings. The van der Waals surface area contributed by atoms with Crippen molar-refractivity contribution in [3.05, 3.63) is 23.1 Å². The van der Waals surface area contributed by atoms with E-state index in [4.69, 9.17) is 4.74 Å². The van der Waals surface area contributed by atoms with E-state index < -0.39 is 0 Å². The number of carbonyl (C=O) groups excluding carboxylic acids is 1. The highest BCUT2D eigenvalue weighted by Gasteiger charge is 2.07. The number of rotatable bonds is 6. The van der Waals surface area contributed by atoms with Gasteiger partial charge >= 0.3 is 0 Å². The van der Waals surface area contributed by atoms with Gasteiger partial charge in [-0.2, -0.15) is 0 Å². The van der Waals surface area contributed by atoms with Crippen LogP contribution < -0.4 is 5.32 Å². The average Bonchev–Trinajstić information content (AvgIpc) is 2.33. The van der Waals surface area contributed by atoms with Crippen molar-refractivity contribution >= 4 is 12.1 Å². The highest BCUT2D eigenvalue weighted by Crippen LogP contribution is 2.10. The molecule has 0 heterocycles. The molecular formula is C14H24N2O2. The zero-order valence-electron chi connectivity index (χ0n) is 12.2. The van der Waals surface area contributed by atoms with E-state index in [9.17, 15) is 4.79 Å². The standard InChI is InChI=1S/C14H24N2O2/c1-7-11(5)14(18-6)15-9-12(8-2)13(17)16-10(3)4/h8-10H,7H2,1-6H3,(H,16,17)/b12-8+,14-11-,15-9-. The van der Waals surface area contributed by atoms with Crippen molar-refractivity contribution < 1.29 is 9.53 Å². The van der Waals surface area contributed by atoms with E-state index in [1.807, 2.05) is 34.6 Å². The van der Waals surface area contributed by atoms with E-state index in [1.54, 1.807) is 13.2 Å². The summed E-state index contributed by atoms with van der Waals surface area (Å²) < 4.78 is 5.18. The third-order valence-corrected chi connectivity index (χ3v) is 2.40. The Morgan fingerprint density at radius 1 is 1.44 bits per heavy atom. The number of hydrogen-bond donors (Lipinski definition) is 1. The molecule has 1 amide bonds. The first-order valence-corrected chi connectivity index (χ1v) is 6.21. The van der Waals surface area contributed by atoms with Gasteiger partial charge in [0.05, 0.1) is 12.7 Å². The Hall–Kier alpha value is -1.58. The van der Waals surface area contributed by atoms with Crippen LogP contribution in [0.5, 0.6) is 0 Å². The molecule has 0 aliphatic carbocycles. The monoisotopic (exact) mass is 252 g/mol. The van der Waals surface area contributed by atoms with Crippen LogP contribution in [0.15, 0.2) is 28.1 Å². The Bertz CT molecular complexity index is 366. The molecule has 0 atom stereocenters. The van der Waals surface area contributed by atoms with Gasteiger partial charge < -0.3 is 10.1 Å². The fourth-order valence-corrected chi connectivity index (χ4v) is 1.23. The molecule has 0 aliphatic heterocycles. The third-order valence-electron chi connectivity index (χ3n) is 2.40. The van der Waals surface area contributed by atoms with Crippen LogP contribution in [-0.2, 0) is 9.53 Å². The summed E-state index contributed by atoms with van der Waals surface area (Å²) in [5.41, 5.74) is 1.58. The molecule has 4 nitrogen and oxygen atoms in total. The quantitative estimate of drug-likeness (QED) is 0.449. The van der Waals surface area contributed by atoms with E-state index in [-0.39, 0.29) is 11.9 Å². The first kappa shape index (κ1) is 16.4. The topological polar surface area (TPSA) is 50.7 Å². The molecule has 0 aliphatic rings. The summed E-state index contributed by atoms with van der Waals surface area (Å²) in [4.78, 5) is 16.0. The summed E-state index contributed by atoms with van der Waals surface area (Å²) in [6, 6.07) is 0.107. The highest BCUT2D eigenvalue weighted by atomic mass is 16.5. The van der Waals surface area contributed by atoms with Crippen LogP contribution in [0.3, 0.4) is 0 Å². The largest absolute Gasteiger partial charge is 0.481 e. The maximum Gasteiger partial charge on any atom is 0.252 e. The van der Waals surface area contributed by atoms with Crippen LogP contribution in [0.25, 0.3) is 0 Å². The van der Waals surface area contributed by atoms with Crippen molar-refractivity contribution in [2.45, 2.75) is 47.1 Å². The minimum Gasteiger partial charge on any atom is -0.481 e. The van der Waals surface area contributed by atoms with Gasteiger partial charge in [0.1, 0.15) is 0 Å². The second-order valence-electron chi connectivity index (χ2n) is 4.27. The fourth-order valence-electron chi connectivity index (χ4n) is 1.23. The first-order chi connectivity index (χ1) is 8.46. The predicted octanol–water partition coefficient (Wildman–Crippen LogP) is 2.82. The van der Waals surface area contributed by atoms with Gasteiger partial charge in [0.15, 0.2) is 0 Å². The van der Waals surface area contributed by atoms with Crippen LogP contribution >= 0.6 is 0 Å². The fraction of sp³-hybridized carbons (Fsp3) is 0.571. The van der Waals surface area contributed by atoms with Crippen LogP contribution in [0.2, 0.25) is 0 Å². The summed E-state index contributed by atoms with van der Waals surface area (Å²) in [6.07, 6.45) is 4.13. The molecule has 0 bridgehead atoms. The lowest BCUT2D eigenvalue weighted by Gasteiger charge is -2.08. The molecule has 0 spiro atoms. The Labute approximate surface area is 110 Å². The molecule has 0 aromatic heterocycles. The number of methoxy groups -OCH3 is 1. The molecule has 0 saturated heterocycles. The molecule has 0 radical (unpaired) electrons. The number of aliphatic imine (C=N–C) groups is 1.